The molecule has 2 rings (SSSR count). The van der Waals surface area contributed by atoms with E-state index < -0.39 is 11.7 Å². The highest BCUT2D eigenvalue weighted by Gasteiger charge is 2.35. The molecule has 0 radical (unpaired) electrons. The number of nitrogen functional groups attached to an aromatic ring is 1. The fraction of sp³-hybridized carbons (Fsp3) is 0.538. The second-order valence-electron chi connectivity index (χ2n) is 4.72. The summed E-state index contributed by atoms with van der Waals surface area (Å²) in [6.07, 6.45) is -4.63. The van der Waals surface area contributed by atoms with Gasteiger partial charge in [0.2, 0.25) is 0 Å². The van der Waals surface area contributed by atoms with Gasteiger partial charge in [0, 0.05) is 27.3 Å². The van der Waals surface area contributed by atoms with Gasteiger partial charge in [0.15, 0.2) is 0 Å². The smallest absolute Gasteiger partial charge is 0.397 e. The molecule has 2 atom stereocenters. The molecule has 2 N–H and O–H groups in total. The lowest BCUT2D eigenvalue weighted by Gasteiger charge is -2.21. The minimum absolute atomic E-state index is 0.103. The minimum atomic E-state index is -4.39. The Labute approximate surface area is 115 Å². The number of hydrogen-bond acceptors (Lipinski definition) is 4. The molecule has 1 aromatic carbocycles. The van der Waals surface area contributed by atoms with E-state index in [1.807, 2.05) is 4.90 Å². The largest absolute Gasteiger partial charge is 0.416 e. The van der Waals surface area contributed by atoms with Crippen molar-refractivity contribution < 1.29 is 22.6 Å². The van der Waals surface area contributed by atoms with Gasteiger partial charge in [-0.05, 0) is 18.2 Å². The standard InChI is InChI=1S/C13H17F3N2O2/c1-19-11-6-18(7-12(11)20-2)10-4-3-8(5-9(10)17)13(14,15)16/h3-5,11-12H,6-7,17H2,1-2H3. The van der Waals surface area contributed by atoms with E-state index in [-0.39, 0.29) is 17.9 Å². The quantitative estimate of drug-likeness (QED) is 0.866. The van der Waals surface area contributed by atoms with Crippen LogP contribution in [0.3, 0.4) is 0 Å². The SMILES string of the molecule is COC1CN(c2ccc(C(F)(F)F)cc2N)CC1OC. The van der Waals surface area contributed by atoms with Crippen LogP contribution in [0.25, 0.3) is 0 Å². The van der Waals surface area contributed by atoms with Crippen molar-refractivity contribution in [1.29, 1.82) is 0 Å². The maximum Gasteiger partial charge on any atom is 0.416 e. The molecule has 1 aromatic rings. The minimum Gasteiger partial charge on any atom is -0.397 e. The molecule has 1 saturated heterocycles. The Morgan fingerprint density at radius 2 is 1.70 bits per heavy atom. The van der Waals surface area contributed by atoms with Crippen LogP contribution in [-0.2, 0) is 15.7 Å². The van der Waals surface area contributed by atoms with Crippen LogP contribution >= 0.6 is 0 Å². The summed E-state index contributed by atoms with van der Waals surface area (Å²) in [5, 5.41) is 0. The van der Waals surface area contributed by atoms with Crippen molar-refractivity contribution in [3.05, 3.63) is 23.8 Å². The number of methoxy groups -OCH3 is 2. The summed E-state index contributed by atoms with van der Waals surface area (Å²) in [7, 11) is 3.16. The van der Waals surface area contributed by atoms with Crippen molar-refractivity contribution in [3.8, 4) is 0 Å². The van der Waals surface area contributed by atoms with Crippen LogP contribution in [0, 0.1) is 0 Å². The molecule has 112 valence electrons. The summed E-state index contributed by atoms with van der Waals surface area (Å²) in [4.78, 5) is 1.87. The summed E-state index contributed by atoms with van der Waals surface area (Å²) in [5.74, 6) is 0. The molecule has 1 heterocycles. The zero-order valence-electron chi connectivity index (χ0n) is 11.3. The van der Waals surface area contributed by atoms with Crippen molar-refractivity contribution in [2.75, 3.05) is 37.9 Å². The Hall–Kier alpha value is -1.47. The number of ether oxygens (including phenoxy) is 2. The van der Waals surface area contributed by atoms with Gasteiger partial charge < -0.3 is 20.1 Å². The fourth-order valence-corrected chi connectivity index (χ4v) is 2.41. The van der Waals surface area contributed by atoms with E-state index in [0.29, 0.717) is 18.8 Å². The average Bonchev–Trinajstić information content (AvgIpc) is 2.80. The maximum absolute atomic E-state index is 12.6. The number of anilines is 2. The van der Waals surface area contributed by atoms with Gasteiger partial charge in [-0.15, -0.1) is 0 Å². The van der Waals surface area contributed by atoms with Crippen molar-refractivity contribution in [2.45, 2.75) is 18.4 Å². The molecule has 1 aliphatic heterocycles. The molecule has 4 nitrogen and oxygen atoms in total. The molecule has 0 aliphatic carbocycles. The fourth-order valence-electron chi connectivity index (χ4n) is 2.41. The number of halogens is 3. The second-order valence-corrected chi connectivity index (χ2v) is 4.72. The Balaban J connectivity index is 2.22. The molecule has 1 fully saturated rings. The van der Waals surface area contributed by atoms with Crippen LogP contribution < -0.4 is 10.6 Å². The van der Waals surface area contributed by atoms with Crippen molar-refractivity contribution >= 4 is 11.4 Å². The van der Waals surface area contributed by atoms with Crippen molar-refractivity contribution in [3.63, 3.8) is 0 Å². The van der Waals surface area contributed by atoms with E-state index in [4.69, 9.17) is 15.2 Å². The third kappa shape index (κ3) is 2.83. The normalized spacial score (nSPS) is 23.4. The summed E-state index contributed by atoms with van der Waals surface area (Å²) in [6, 6.07) is 3.38. The Morgan fingerprint density at radius 1 is 1.15 bits per heavy atom. The van der Waals surface area contributed by atoms with Crippen molar-refractivity contribution in [2.24, 2.45) is 0 Å². The second kappa shape index (κ2) is 5.49. The lowest BCUT2D eigenvalue weighted by atomic mass is 10.1. The first kappa shape index (κ1) is 14.9. The third-order valence-electron chi connectivity index (χ3n) is 3.52. The Morgan fingerprint density at radius 3 is 2.10 bits per heavy atom. The highest BCUT2D eigenvalue weighted by atomic mass is 19.4. The predicted molar refractivity (Wildman–Crippen MR) is 69.7 cm³/mol. The first-order chi connectivity index (χ1) is 9.36. The Bertz CT molecular complexity index is 467. The van der Waals surface area contributed by atoms with Crippen LogP contribution in [0.2, 0.25) is 0 Å². The lowest BCUT2D eigenvalue weighted by Crippen LogP contribution is -2.27. The van der Waals surface area contributed by atoms with Gasteiger partial charge in [0.25, 0.3) is 0 Å². The molecular weight excluding hydrogens is 273 g/mol. The molecule has 0 aromatic heterocycles. The van der Waals surface area contributed by atoms with E-state index in [0.717, 1.165) is 12.1 Å². The van der Waals surface area contributed by atoms with Crippen LogP contribution in [0.5, 0.6) is 0 Å². The molecule has 0 bridgehead atoms. The summed E-state index contributed by atoms with van der Waals surface area (Å²) < 4.78 is 48.4. The van der Waals surface area contributed by atoms with E-state index in [2.05, 4.69) is 0 Å². The highest BCUT2D eigenvalue weighted by Crippen LogP contribution is 2.35. The summed E-state index contributed by atoms with van der Waals surface area (Å²) in [6.45, 7) is 1.06. The van der Waals surface area contributed by atoms with Gasteiger partial charge in [-0.2, -0.15) is 13.2 Å². The maximum atomic E-state index is 12.6. The lowest BCUT2D eigenvalue weighted by molar-refractivity contribution is -0.137. The van der Waals surface area contributed by atoms with Crippen LogP contribution in [-0.4, -0.2) is 39.5 Å². The predicted octanol–water partition coefficient (Wildman–Crippen LogP) is 2.14. The zero-order chi connectivity index (χ0) is 14.9. The van der Waals surface area contributed by atoms with E-state index in [1.54, 1.807) is 14.2 Å². The number of benzene rings is 1. The number of nitrogens with two attached hydrogens (primary N) is 1. The molecule has 0 saturated carbocycles. The van der Waals surface area contributed by atoms with Crippen LogP contribution in [0.15, 0.2) is 18.2 Å². The summed E-state index contributed by atoms with van der Waals surface area (Å²) >= 11 is 0. The van der Waals surface area contributed by atoms with Crippen molar-refractivity contribution in [1.82, 2.24) is 0 Å². The topological polar surface area (TPSA) is 47.7 Å². The Kier molecular flexibility index (Phi) is 4.10. The number of rotatable bonds is 3. The molecule has 0 spiro atoms. The van der Waals surface area contributed by atoms with Gasteiger partial charge >= 0.3 is 6.18 Å². The molecule has 1 aliphatic rings. The van der Waals surface area contributed by atoms with E-state index >= 15 is 0 Å². The third-order valence-corrected chi connectivity index (χ3v) is 3.52. The van der Waals surface area contributed by atoms with Gasteiger partial charge in [0.1, 0.15) is 12.2 Å². The first-order valence-corrected chi connectivity index (χ1v) is 6.14. The molecular formula is C13H17F3N2O2. The van der Waals surface area contributed by atoms with Gasteiger partial charge in [-0.25, -0.2) is 0 Å². The van der Waals surface area contributed by atoms with Crippen LogP contribution in [0.4, 0.5) is 24.5 Å². The molecule has 7 heteroatoms. The number of nitrogens with zero attached hydrogens (tertiary/aromatic N) is 1. The van der Waals surface area contributed by atoms with E-state index in [9.17, 15) is 13.2 Å². The molecule has 20 heavy (non-hydrogen) atoms. The van der Waals surface area contributed by atoms with E-state index in [1.165, 1.54) is 6.07 Å². The monoisotopic (exact) mass is 290 g/mol. The number of alkyl halides is 3. The zero-order valence-corrected chi connectivity index (χ0v) is 11.3. The molecule has 2 unspecified atom stereocenters. The first-order valence-electron chi connectivity index (χ1n) is 6.14. The van der Waals surface area contributed by atoms with Gasteiger partial charge in [-0.3, -0.25) is 0 Å². The summed E-state index contributed by atoms with van der Waals surface area (Å²) in [5.41, 5.74) is 5.67. The number of hydrogen-bond donors (Lipinski definition) is 1. The van der Waals surface area contributed by atoms with Crippen LogP contribution in [0.1, 0.15) is 5.56 Å². The highest BCUT2D eigenvalue weighted by molar-refractivity contribution is 5.69. The average molecular weight is 290 g/mol. The molecule has 0 amide bonds. The van der Waals surface area contributed by atoms with Gasteiger partial charge in [0.05, 0.1) is 16.9 Å². The van der Waals surface area contributed by atoms with Gasteiger partial charge in [-0.1, -0.05) is 0 Å².